The van der Waals surface area contributed by atoms with Crippen molar-refractivity contribution in [2.75, 3.05) is 5.75 Å². The number of nitrogens with zero attached hydrogens (tertiary/aromatic N) is 2. The van der Waals surface area contributed by atoms with E-state index in [9.17, 15) is 14.9 Å². The smallest absolute Gasteiger partial charge is 0.270 e. The second-order valence-corrected chi connectivity index (χ2v) is 6.06. The van der Waals surface area contributed by atoms with Gasteiger partial charge in [-0.1, -0.05) is 35.5 Å². The Labute approximate surface area is 140 Å². The molecule has 0 bridgehead atoms. The van der Waals surface area contributed by atoms with Crippen LogP contribution in [0.2, 0.25) is 5.02 Å². The summed E-state index contributed by atoms with van der Waals surface area (Å²) in [7, 11) is 0. The van der Waals surface area contributed by atoms with Gasteiger partial charge in [0, 0.05) is 17.7 Å². The molecule has 0 amide bonds. The molecule has 116 valence electrons. The van der Waals surface area contributed by atoms with Crippen LogP contribution in [0.3, 0.4) is 0 Å². The van der Waals surface area contributed by atoms with Gasteiger partial charge in [-0.15, -0.1) is 0 Å². The van der Waals surface area contributed by atoms with Gasteiger partial charge >= 0.3 is 0 Å². The van der Waals surface area contributed by atoms with E-state index in [1.807, 2.05) is 24.3 Å². The van der Waals surface area contributed by atoms with Crippen LogP contribution in [-0.4, -0.2) is 26.4 Å². The quantitative estimate of drug-likeness (QED) is 0.325. The second-order valence-electron chi connectivity index (χ2n) is 4.69. The third-order valence-electron chi connectivity index (χ3n) is 3.17. The molecule has 0 aliphatic rings. The molecule has 0 saturated heterocycles. The maximum Gasteiger partial charge on any atom is 0.270 e. The molecule has 8 heteroatoms. The molecular formula is C15H10ClN3O3S. The molecule has 1 N–H and O–H groups in total. The maximum absolute atomic E-state index is 12.3. The van der Waals surface area contributed by atoms with Gasteiger partial charge in [-0.25, -0.2) is 4.98 Å². The molecule has 0 aliphatic heterocycles. The number of imidazole rings is 1. The first kappa shape index (κ1) is 15.5. The Bertz CT molecular complexity index is 877. The number of ketones is 1. The monoisotopic (exact) mass is 347 g/mol. The van der Waals surface area contributed by atoms with E-state index in [0.29, 0.717) is 5.16 Å². The first-order valence-electron chi connectivity index (χ1n) is 6.59. The summed E-state index contributed by atoms with van der Waals surface area (Å²) in [5.74, 6) is -0.204. The molecule has 0 atom stereocenters. The van der Waals surface area contributed by atoms with E-state index in [2.05, 4.69) is 9.97 Å². The predicted molar refractivity (Wildman–Crippen MR) is 89.3 cm³/mol. The lowest BCUT2D eigenvalue weighted by molar-refractivity contribution is -0.384. The number of halogens is 1. The largest absolute Gasteiger partial charge is 0.333 e. The lowest BCUT2D eigenvalue weighted by Gasteiger charge is -2.02. The molecule has 3 rings (SSSR count). The number of non-ortho nitro benzene ring substituents is 1. The number of Topliss-reactive ketones (excluding diaryl/α,β-unsaturated/α-hetero) is 1. The number of fused-ring (bicyclic) bond motifs is 1. The van der Waals surface area contributed by atoms with Crippen LogP contribution in [0.25, 0.3) is 11.0 Å². The lowest BCUT2D eigenvalue weighted by Crippen LogP contribution is -2.04. The summed E-state index contributed by atoms with van der Waals surface area (Å²) in [6, 6.07) is 11.4. The number of nitrogens with one attached hydrogen (secondary N) is 1. The number of aromatic amines is 1. The summed E-state index contributed by atoms with van der Waals surface area (Å²) >= 11 is 7.19. The van der Waals surface area contributed by atoms with Crippen molar-refractivity contribution in [1.29, 1.82) is 0 Å². The van der Waals surface area contributed by atoms with Crippen LogP contribution in [0.4, 0.5) is 5.69 Å². The Hall–Kier alpha value is -2.38. The number of hydrogen-bond acceptors (Lipinski definition) is 5. The normalized spacial score (nSPS) is 10.8. The lowest BCUT2D eigenvalue weighted by atomic mass is 10.1. The van der Waals surface area contributed by atoms with Gasteiger partial charge in [0.05, 0.1) is 26.7 Å². The summed E-state index contributed by atoms with van der Waals surface area (Å²) < 4.78 is 0. The number of H-pyrrole nitrogens is 1. The van der Waals surface area contributed by atoms with Gasteiger partial charge in [0.15, 0.2) is 10.9 Å². The van der Waals surface area contributed by atoms with Crippen LogP contribution in [-0.2, 0) is 0 Å². The van der Waals surface area contributed by atoms with E-state index >= 15 is 0 Å². The number of nitro groups is 1. The van der Waals surface area contributed by atoms with E-state index in [1.54, 1.807) is 0 Å². The van der Waals surface area contributed by atoms with Gasteiger partial charge in [0.2, 0.25) is 0 Å². The van der Waals surface area contributed by atoms with Gasteiger partial charge in [-0.05, 0) is 18.2 Å². The van der Waals surface area contributed by atoms with Crippen molar-refractivity contribution in [2.45, 2.75) is 5.16 Å². The maximum atomic E-state index is 12.3. The zero-order valence-corrected chi connectivity index (χ0v) is 13.2. The minimum Gasteiger partial charge on any atom is -0.333 e. The Morgan fingerprint density at radius 1 is 1.30 bits per heavy atom. The molecule has 2 aromatic carbocycles. The highest BCUT2D eigenvalue weighted by Crippen LogP contribution is 2.25. The number of nitro benzene ring substituents is 1. The predicted octanol–water partition coefficient (Wildman–Crippen LogP) is 4.10. The zero-order valence-electron chi connectivity index (χ0n) is 11.7. The number of hydrogen-bond donors (Lipinski definition) is 1. The summed E-state index contributed by atoms with van der Waals surface area (Å²) in [6.07, 6.45) is 0. The number of carbonyl (C=O) groups excluding carboxylic acids is 1. The van der Waals surface area contributed by atoms with Gasteiger partial charge in [-0.2, -0.15) is 0 Å². The summed E-state index contributed by atoms with van der Waals surface area (Å²) in [5, 5.41) is 11.6. The van der Waals surface area contributed by atoms with Crippen LogP contribution < -0.4 is 0 Å². The van der Waals surface area contributed by atoms with Gasteiger partial charge < -0.3 is 4.98 Å². The average Bonchev–Trinajstić information content (AvgIpc) is 2.95. The summed E-state index contributed by atoms with van der Waals surface area (Å²) in [6.45, 7) is 0. The van der Waals surface area contributed by atoms with Crippen molar-refractivity contribution in [2.24, 2.45) is 0 Å². The standard InChI is InChI=1S/C15H10ClN3O3S/c16-11-6-5-9(19(21)22)7-10(11)14(20)8-23-15-17-12-3-1-2-4-13(12)18-15/h1-7H,8H2,(H,17,18). The molecule has 0 unspecified atom stereocenters. The number of aromatic nitrogens is 2. The molecule has 0 fully saturated rings. The van der Waals surface area contributed by atoms with Crippen LogP contribution in [0, 0.1) is 10.1 Å². The van der Waals surface area contributed by atoms with Crippen LogP contribution in [0.5, 0.6) is 0 Å². The van der Waals surface area contributed by atoms with E-state index < -0.39 is 4.92 Å². The number of para-hydroxylation sites is 2. The number of rotatable bonds is 5. The van der Waals surface area contributed by atoms with Gasteiger partial charge in [-0.3, -0.25) is 14.9 Å². The third-order valence-corrected chi connectivity index (χ3v) is 4.37. The van der Waals surface area contributed by atoms with Crippen molar-refractivity contribution >= 4 is 45.9 Å². The Balaban J connectivity index is 1.76. The topological polar surface area (TPSA) is 88.9 Å². The molecular weight excluding hydrogens is 338 g/mol. The van der Waals surface area contributed by atoms with Crippen molar-refractivity contribution < 1.29 is 9.72 Å². The SMILES string of the molecule is O=C(CSc1nc2ccccc2[nH]1)c1cc([N+](=O)[O-])ccc1Cl. The number of thioether (sulfide) groups is 1. The molecule has 3 aromatic rings. The molecule has 6 nitrogen and oxygen atoms in total. The molecule has 0 radical (unpaired) electrons. The first-order chi connectivity index (χ1) is 11.0. The summed E-state index contributed by atoms with van der Waals surface area (Å²) in [5.41, 5.74) is 1.68. The second kappa shape index (κ2) is 6.39. The van der Waals surface area contributed by atoms with Crippen LogP contribution >= 0.6 is 23.4 Å². The number of carbonyl (C=O) groups is 1. The van der Waals surface area contributed by atoms with Crippen LogP contribution in [0.1, 0.15) is 10.4 Å². The Morgan fingerprint density at radius 3 is 2.83 bits per heavy atom. The Morgan fingerprint density at radius 2 is 2.09 bits per heavy atom. The first-order valence-corrected chi connectivity index (χ1v) is 7.95. The minimum absolute atomic E-state index is 0.0840. The molecule has 1 aromatic heterocycles. The zero-order chi connectivity index (χ0) is 16.4. The van der Waals surface area contributed by atoms with Gasteiger partial charge in [0.25, 0.3) is 5.69 Å². The van der Waals surface area contributed by atoms with Crippen molar-refractivity contribution in [3.05, 3.63) is 63.2 Å². The highest BCUT2D eigenvalue weighted by Gasteiger charge is 2.16. The fraction of sp³-hybridized carbons (Fsp3) is 0.0667. The number of benzene rings is 2. The highest BCUT2D eigenvalue weighted by atomic mass is 35.5. The van der Waals surface area contributed by atoms with Gasteiger partial charge in [0.1, 0.15) is 0 Å². The van der Waals surface area contributed by atoms with Crippen molar-refractivity contribution in [3.8, 4) is 0 Å². The van der Waals surface area contributed by atoms with Crippen molar-refractivity contribution in [3.63, 3.8) is 0 Å². The molecule has 0 spiro atoms. The minimum atomic E-state index is -0.556. The third kappa shape index (κ3) is 3.35. The van der Waals surface area contributed by atoms with E-state index in [0.717, 1.165) is 11.0 Å². The van der Waals surface area contributed by atoms with E-state index in [1.165, 1.54) is 30.0 Å². The molecule has 0 aliphatic carbocycles. The van der Waals surface area contributed by atoms with Crippen LogP contribution in [0.15, 0.2) is 47.6 Å². The molecule has 0 saturated carbocycles. The van der Waals surface area contributed by atoms with Crippen molar-refractivity contribution in [1.82, 2.24) is 9.97 Å². The highest BCUT2D eigenvalue weighted by molar-refractivity contribution is 7.99. The Kier molecular flexibility index (Phi) is 4.31. The fourth-order valence-corrected chi connectivity index (χ4v) is 3.04. The molecule has 23 heavy (non-hydrogen) atoms. The average molecular weight is 348 g/mol. The fourth-order valence-electron chi connectivity index (χ4n) is 2.05. The van der Waals surface area contributed by atoms with E-state index in [4.69, 9.17) is 11.6 Å². The summed E-state index contributed by atoms with van der Waals surface area (Å²) in [4.78, 5) is 30.0. The van der Waals surface area contributed by atoms with E-state index in [-0.39, 0.29) is 27.8 Å². The molecule has 1 heterocycles.